The molecular formula is C36H16Cl4N2O4. The van der Waals surface area contributed by atoms with Gasteiger partial charge in [0.15, 0.2) is 0 Å². The highest BCUT2D eigenvalue weighted by Crippen LogP contribution is 2.53. The van der Waals surface area contributed by atoms with Crippen molar-refractivity contribution in [3.63, 3.8) is 0 Å². The molecule has 0 aliphatic rings. The van der Waals surface area contributed by atoms with Crippen molar-refractivity contribution in [3.05, 3.63) is 120 Å². The third-order valence-corrected chi connectivity index (χ3v) is 10.2. The van der Waals surface area contributed by atoms with Crippen molar-refractivity contribution < 1.29 is 9.90 Å². The zero-order valence-electron chi connectivity index (χ0n) is 23.3. The largest absolute Gasteiger partial charge is 0.480 e. The number of carboxylic acids is 1. The maximum absolute atomic E-state index is 13.6. The van der Waals surface area contributed by atoms with E-state index >= 15 is 0 Å². The number of hydrogen-bond donors (Lipinski definition) is 1. The molecule has 9 rings (SSSR count). The lowest BCUT2D eigenvalue weighted by atomic mass is 9.85. The molecule has 0 bridgehead atoms. The van der Waals surface area contributed by atoms with Crippen molar-refractivity contribution in [2.75, 3.05) is 0 Å². The van der Waals surface area contributed by atoms with Crippen LogP contribution >= 0.6 is 46.4 Å². The van der Waals surface area contributed by atoms with Crippen LogP contribution in [0.2, 0.25) is 20.1 Å². The maximum Gasteiger partial charge on any atom is 0.323 e. The van der Waals surface area contributed by atoms with Gasteiger partial charge in [0.2, 0.25) is 0 Å². The lowest BCUT2D eigenvalue weighted by Crippen LogP contribution is -2.35. The topological polar surface area (TPSA) is 81.3 Å². The van der Waals surface area contributed by atoms with E-state index in [0.717, 1.165) is 38.3 Å². The number of carbonyl (C=O) groups is 1. The second-order valence-corrected chi connectivity index (χ2v) is 13.0. The quantitative estimate of drug-likeness (QED) is 0.149. The van der Waals surface area contributed by atoms with Crippen LogP contribution in [0.1, 0.15) is 0 Å². The highest BCUT2D eigenvalue weighted by Gasteiger charge is 2.28. The summed E-state index contributed by atoms with van der Waals surface area (Å²) in [5.41, 5.74) is 1.23. The highest BCUT2D eigenvalue weighted by atomic mass is 35.5. The van der Waals surface area contributed by atoms with Gasteiger partial charge in [-0.2, -0.15) is 0 Å². The average molecular weight is 682 g/mol. The molecule has 9 aromatic rings. The Bertz CT molecular complexity index is 2860. The summed E-state index contributed by atoms with van der Waals surface area (Å²) >= 11 is 28.6. The number of aromatic nitrogens is 2. The standard InChI is InChI=1S/C36H16Cl4N2O4/c37-20-10-17-16-8-4-5-9-24(16)42(15-6-2-1-3-7-15)25-13-23(40)32-30-22(39)12-19-27-18(35(45)41(36(19)46)14-26(43)44)11-21(38)29(33(27)30)31(20)34(32)28(17)25/h1-13H,14H2,(H,43,44). The summed E-state index contributed by atoms with van der Waals surface area (Å²) in [4.78, 5) is 38.8. The van der Waals surface area contributed by atoms with Gasteiger partial charge in [0.1, 0.15) is 6.54 Å². The van der Waals surface area contributed by atoms with E-state index in [1.807, 2.05) is 54.6 Å². The summed E-state index contributed by atoms with van der Waals surface area (Å²) in [6, 6.07) is 24.9. The number of benzene rings is 7. The second-order valence-electron chi connectivity index (χ2n) is 11.4. The predicted molar refractivity (Wildman–Crippen MR) is 189 cm³/mol. The van der Waals surface area contributed by atoms with Crippen molar-refractivity contribution in [3.8, 4) is 5.69 Å². The Morgan fingerprint density at radius 3 is 1.63 bits per heavy atom. The Kier molecular flexibility index (Phi) is 5.70. The molecule has 0 aliphatic heterocycles. The van der Waals surface area contributed by atoms with Crippen molar-refractivity contribution in [1.29, 1.82) is 0 Å². The molecule has 0 unspecified atom stereocenters. The van der Waals surface area contributed by atoms with E-state index in [1.165, 1.54) is 12.1 Å². The van der Waals surface area contributed by atoms with Crippen molar-refractivity contribution >= 4 is 128 Å². The Morgan fingerprint density at radius 1 is 0.543 bits per heavy atom. The van der Waals surface area contributed by atoms with Gasteiger partial charge in [-0.3, -0.25) is 19.0 Å². The zero-order chi connectivity index (χ0) is 31.8. The first-order valence-electron chi connectivity index (χ1n) is 14.2. The first-order chi connectivity index (χ1) is 22.2. The number of rotatable bonds is 3. The minimum Gasteiger partial charge on any atom is -0.480 e. The summed E-state index contributed by atoms with van der Waals surface area (Å²) in [6.45, 7) is -0.803. The van der Waals surface area contributed by atoms with Crippen molar-refractivity contribution in [1.82, 2.24) is 9.13 Å². The summed E-state index contributed by atoms with van der Waals surface area (Å²) < 4.78 is 2.85. The molecule has 10 heteroatoms. The molecule has 0 atom stereocenters. The monoisotopic (exact) mass is 680 g/mol. The molecule has 2 aromatic heterocycles. The molecule has 0 saturated heterocycles. The molecule has 0 fully saturated rings. The van der Waals surface area contributed by atoms with Crippen LogP contribution in [0.4, 0.5) is 0 Å². The summed E-state index contributed by atoms with van der Waals surface area (Å²) in [5.74, 6) is -1.33. The van der Waals surface area contributed by atoms with Crippen LogP contribution in [0, 0.1) is 0 Å². The third kappa shape index (κ3) is 3.42. The van der Waals surface area contributed by atoms with Gasteiger partial charge in [-0.25, -0.2) is 0 Å². The number of pyridine rings is 2. The van der Waals surface area contributed by atoms with Crippen LogP contribution in [-0.2, 0) is 11.3 Å². The Hall–Kier alpha value is -4.59. The number of halogens is 4. The van der Waals surface area contributed by atoms with Gasteiger partial charge in [-0.05, 0) is 47.9 Å². The van der Waals surface area contributed by atoms with Gasteiger partial charge in [0.25, 0.3) is 11.1 Å². The molecule has 0 radical (unpaired) electrons. The van der Waals surface area contributed by atoms with E-state index in [-0.39, 0.29) is 20.8 Å². The van der Waals surface area contributed by atoms with Crippen molar-refractivity contribution in [2.45, 2.75) is 6.54 Å². The number of carboxylic acid groups (broad SMARTS) is 1. The van der Waals surface area contributed by atoms with Gasteiger partial charge in [-0.1, -0.05) is 82.8 Å². The Morgan fingerprint density at radius 2 is 1.04 bits per heavy atom. The molecule has 0 spiro atoms. The molecule has 7 aromatic carbocycles. The lowest BCUT2D eigenvalue weighted by Gasteiger charge is -2.24. The fourth-order valence-corrected chi connectivity index (χ4v) is 8.55. The molecular weight excluding hydrogens is 666 g/mol. The van der Waals surface area contributed by atoms with Crippen LogP contribution in [0.15, 0.2) is 88.5 Å². The first kappa shape index (κ1) is 27.7. The third-order valence-electron chi connectivity index (χ3n) is 9.03. The number of aliphatic carboxylic acids is 1. The molecule has 2 heterocycles. The number of para-hydroxylation sites is 2. The first-order valence-corrected chi connectivity index (χ1v) is 15.7. The average Bonchev–Trinajstić information content (AvgIpc) is 3.04. The minimum atomic E-state index is -1.33. The molecule has 6 nitrogen and oxygen atoms in total. The normalized spacial score (nSPS) is 12.3. The molecule has 0 saturated carbocycles. The molecule has 46 heavy (non-hydrogen) atoms. The van der Waals surface area contributed by atoms with Gasteiger partial charge < -0.3 is 9.67 Å². The van der Waals surface area contributed by atoms with E-state index in [1.54, 1.807) is 0 Å². The van der Waals surface area contributed by atoms with Crippen LogP contribution in [-0.4, -0.2) is 20.2 Å². The summed E-state index contributed by atoms with van der Waals surface area (Å²) in [7, 11) is 0. The maximum atomic E-state index is 13.6. The van der Waals surface area contributed by atoms with Gasteiger partial charge >= 0.3 is 5.97 Å². The molecule has 1 N–H and O–H groups in total. The fourth-order valence-electron chi connectivity index (χ4n) is 7.37. The summed E-state index contributed by atoms with van der Waals surface area (Å²) in [6.07, 6.45) is 0. The predicted octanol–water partition coefficient (Wildman–Crippen LogP) is 9.65. The lowest BCUT2D eigenvalue weighted by molar-refractivity contribution is -0.137. The number of fused-ring (bicyclic) bond motifs is 4. The Labute approximate surface area is 277 Å². The Balaban J connectivity index is 1.63. The van der Waals surface area contributed by atoms with Crippen LogP contribution in [0.3, 0.4) is 0 Å². The van der Waals surface area contributed by atoms with E-state index in [2.05, 4.69) is 16.7 Å². The molecule has 0 amide bonds. The molecule has 0 aliphatic carbocycles. The second kappa shape index (κ2) is 9.47. The van der Waals surface area contributed by atoms with Gasteiger partial charge in [0.05, 0.1) is 26.8 Å². The zero-order valence-corrected chi connectivity index (χ0v) is 26.3. The van der Waals surface area contributed by atoms with Crippen LogP contribution in [0.5, 0.6) is 0 Å². The van der Waals surface area contributed by atoms with E-state index in [0.29, 0.717) is 46.9 Å². The smallest absolute Gasteiger partial charge is 0.323 e. The van der Waals surface area contributed by atoms with Gasteiger partial charge in [0, 0.05) is 69.2 Å². The van der Waals surface area contributed by atoms with E-state index in [9.17, 15) is 19.5 Å². The number of nitrogens with zero attached hydrogens (tertiary/aromatic N) is 2. The minimum absolute atomic E-state index is 0.1000. The van der Waals surface area contributed by atoms with Crippen LogP contribution < -0.4 is 11.1 Å². The molecule has 222 valence electrons. The number of hydrogen-bond acceptors (Lipinski definition) is 3. The van der Waals surface area contributed by atoms with Crippen molar-refractivity contribution in [2.24, 2.45) is 0 Å². The van der Waals surface area contributed by atoms with Gasteiger partial charge in [-0.15, -0.1) is 0 Å². The van der Waals surface area contributed by atoms with E-state index < -0.39 is 23.6 Å². The van der Waals surface area contributed by atoms with Crippen LogP contribution in [0.25, 0.3) is 81.4 Å². The summed E-state index contributed by atoms with van der Waals surface area (Å²) in [5, 5.41) is 17.4. The highest BCUT2D eigenvalue weighted by molar-refractivity contribution is 6.56. The fraction of sp³-hybridized carbons (Fsp3) is 0.0278. The van der Waals surface area contributed by atoms with E-state index in [4.69, 9.17) is 46.4 Å². The SMILES string of the molecule is O=C(O)Cn1c(=O)c2cc(Cl)c3c4c(Cl)cc5c6ccccc6n(-c6ccccc6)c6cc(Cl)c(c7c(Cl)cc(c1=O)c2c37)c4c56.